The molecule has 0 spiro atoms. The first-order valence-corrected chi connectivity index (χ1v) is 7.62. The zero-order valence-electron chi connectivity index (χ0n) is 11.8. The van der Waals surface area contributed by atoms with Gasteiger partial charge in [0, 0.05) is 17.1 Å². The van der Waals surface area contributed by atoms with Crippen LogP contribution in [0.2, 0.25) is 0 Å². The van der Waals surface area contributed by atoms with Crippen molar-refractivity contribution in [3.8, 4) is 0 Å². The zero-order chi connectivity index (χ0) is 14.4. The Kier molecular flexibility index (Phi) is 5.18. The molecule has 2 aromatic rings. The Hall–Kier alpha value is -1.81. The van der Waals surface area contributed by atoms with E-state index in [1.165, 1.54) is 10.4 Å². The summed E-state index contributed by atoms with van der Waals surface area (Å²) in [7, 11) is 0. The highest BCUT2D eigenvalue weighted by Gasteiger charge is 2.06. The van der Waals surface area contributed by atoms with Gasteiger partial charge in [-0.3, -0.25) is 0 Å². The third kappa shape index (κ3) is 3.84. The van der Waals surface area contributed by atoms with Crippen LogP contribution in [0.4, 0.5) is 5.69 Å². The molecule has 20 heavy (non-hydrogen) atoms. The molecule has 0 atom stereocenters. The molecule has 0 unspecified atom stereocenters. The highest BCUT2D eigenvalue weighted by molar-refractivity contribution is 7.10. The molecule has 0 bridgehead atoms. The van der Waals surface area contributed by atoms with Crippen LogP contribution in [0.25, 0.3) is 0 Å². The van der Waals surface area contributed by atoms with Crippen LogP contribution < -0.4 is 5.32 Å². The lowest BCUT2D eigenvalue weighted by atomic mass is 10.2. The number of benzene rings is 1. The second-order valence-electron chi connectivity index (χ2n) is 4.59. The summed E-state index contributed by atoms with van der Waals surface area (Å²) in [6, 6.07) is 9.52. The van der Waals surface area contributed by atoms with E-state index < -0.39 is 0 Å². The number of carbonyl (C=O) groups is 1. The first-order valence-electron chi connectivity index (χ1n) is 6.74. The maximum atomic E-state index is 11.7. The van der Waals surface area contributed by atoms with Crippen LogP contribution in [0.5, 0.6) is 0 Å². The fraction of sp³-hybridized carbons (Fsp3) is 0.312. The minimum Gasteiger partial charge on any atom is -0.462 e. The molecule has 106 valence electrons. The van der Waals surface area contributed by atoms with E-state index in [0.717, 1.165) is 18.7 Å². The van der Waals surface area contributed by atoms with Crippen molar-refractivity contribution >= 4 is 23.0 Å². The summed E-state index contributed by atoms with van der Waals surface area (Å²) in [4.78, 5) is 13.0. The van der Waals surface area contributed by atoms with Gasteiger partial charge in [-0.15, -0.1) is 11.3 Å². The molecule has 0 saturated carbocycles. The molecule has 0 radical (unpaired) electrons. The van der Waals surface area contributed by atoms with E-state index in [0.29, 0.717) is 12.2 Å². The average molecular weight is 289 g/mol. The van der Waals surface area contributed by atoms with Gasteiger partial charge < -0.3 is 10.1 Å². The molecule has 0 saturated heterocycles. The molecule has 3 nitrogen and oxygen atoms in total. The highest BCUT2D eigenvalue weighted by atomic mass is 32.1. The Bertz CT molecular complexity index is 560. The summed E-state index contributed by atoms with van der Waals surface area (Å²) < 4.78 is 5.09. The number of ether oxygens (including phenoxy) is 1. The van der Waals surface area contributed by atoms with Crippen molar-refractivity contribution in [2.24, 2.45) is 0 Å². The molecule has 2 rings (SSSR count). The Balaban J connectivity index is 1.91. The Morgan fingerprint density at radius 1 is 1.25 bits per heavy atom. The standard InChI is InChI=1S/C16H19NO2S/c1-3-9-19-16(18)13-4-6-14(7-5-13)17-11-15-12(2)8-10-20-15/h4-8,10,17H,3,9,11H2,1-2H3. The molecule has 1 heterocycles. The molecule has 1 aromatic carbocycles. The van der Waals surface area contributed by atoms with Gasteiger partial charge in [0.15, 0.2) is 0 Å². The normalized spacial score (nSPS) is 10.3. The lowest BCUT2D eigenvalue weighted by Gasteiger charge is -2.07. The minimum atomic E-state index is -0.257. The van der Waals surface area contributed by atoms with Crippen LogP contribution in [0.3, 0.4) is 0 Å². The summed E-state index contributed by atoms with van der Waals surface area (Å²) >= 11 is 1.75. The van der Waals surface area contributed by atoms with Gasteiger partial charge in [0.2, 0.25) is 0 Å². The molecular formula is C16H19NO2S. The van der Waals surface area contributed by atoms with E-state index >= 15 is 0 Å². The van der Waals surface area contributed by atoms with Gasteiger partial charge in [-0.25, -0.2) is 4.79 Å². The predicted octanol–water partition coefficient (Wildman–Crippen LogP) is 4.24. The zero-order valence-corrected chi connectivity index (χ0v) is 12.6. The van der Waals surface area contributed by atoms with E-state index in [9.17, 15) is 4.79 Å². The first-order chi connectivity index (χ1) is 9.70. The van der Waals surface area contributed by atoms with E-state index in [1.807, 2.05) is 19.1 Å². The summed E-state index contributed by atoms with van der Waals surface area (Å²) in [5, 5.41) is 5.45. The van der Waals surface area contributed by atoms with Gasteiger partial charge in [0.05, 0.1) is 12.2 Å². The highest BCUT2D eigenvalue weighted by Crippen LogP contribution is 2.18. The van der Waals surface area contributed by atoms with Crippen LogP contribution >= 0.6 is 11.3 Å². The van der Waals surface area contributed by atoms with Gasteiger partial charge in [0.1, 0.15) is 0 Å². The van der Waals surface area contributed by atoms with E-state index in [-0.39, 0.29) is 5.97 Å². The van der Waals surface area contributed by atoms with Gasteiger partial charge in [-0.2, -0.15) is 0 Å². The molecule has 0 aliphatic rings. The lowest BCUT2D eigenvalue weighted by Crippen LogP contribution is -2.06. The van der Waals surface area contributed by atoms with Crippen LogP contribution in [-0.2, 0) is 11.3 Å². The van der Waals surface area contributed by atoms with Crippen molar-refractivity contribution in [1.82, 2.24) is 0 Å². The Morgan fingerprint density at radius 3 is 2.60 bits per heavy atom. The Labute approximate surface area is 123 Å². The van der Waals surface area contributed by atoms with Gasteiger partial charge in [-0.05, 0) is 54.6 Å². The van der Waals surface area contributed by atoms with Crippen molar-refractivity contribution in [3.05, 3.63) is 51.7 Å². The number of thiophene rings is 1. The SMILES string of the molecule is CCCOC(=O)c1ccc(NCc2sccc2C)cc1. The van der Waals surface area contributed by atoms with E-state index in [2.05, 4.69) is 23.7 Å². The van der Waals surface area contributed by atoms with Crippen molar-refractivity contribution in [1.29, 1.82) is 0 Å². The molecule has 0 amide bonds. The third-order valence-electron chi connectivity index (χ3n) is 2.98. The summed E-state index contributed by atoms with van der Waals surface area (Å²) in [6.45, 7) is 5.37. The number of hydrogen-bond acceptors (Lipinski definition) is 4. The average Bonchev–Trinajstić information content (AvgIpc) is 2.88. The second-order valence-corrected chi connectivity index (χ2v) is 5.59. The quantitative estimate of drug-likeness (QED) is 0.808. The number of rotatable bonds is 6. The van der Waals surface area contributed by atoms with Crippen LogP contribution in [0.15, 0.2) is 35.7 Å². The van der Waals surface area contributed by atoms with Gasteiger partial charge in [-0.1, -0.05) is 6.92 Å². The van der Waals surface area contributed by atoms with Crippen LogP contribution in [0.1, 0.15) is 34.1 Å². The molecular weight excluding hydrogens is 270 g/mol. The molecule has 4 heteroatoms. The van der Waals surface area contributed by atoms with Crippen LogP contribution in [0, 0.1) is 6.92 Å². The number of nitrogens with one attached hydrogen (secondary N) is 1. The van der Waals surface area contributed by atoms with Crippen molar-refractivity contribution in [2.75, 3.05) is 11.9 Å². The summed E-state index contributed by atoms with van der Waals surface area (Å²) in [5.74, 6) is -0.257. The van der Waals surface area contributed by atoms with Crippen molar-refractivity contribution in [3.63, 3.8) is 0 Å². The largest absolute Gasteiger partial charge is 0.462 e. The lowest BCUT2D eigenvalue weighted by molar-refractivity contribution is 0.0505. The molecule has 0 aliphatic carbocycles. The van der Waals surface area contributed by atoms with E-state index in [1.54, 1.807) is 23.5 Å². The monoisotopic (exact) mass is 289 g/mol. The van der Waals surface area contributed by atoms with Gasteiger partial charge in [0.25, 0.3) is 0 Å². The maximum absolute atomic E-state index is 11.7. The number of carbonyl (C=O) groups excluding carboxylic acids is 1. The third-order valence-corrected chi connectivity index (χ3v) is 4.00. The van der Waals surface area contributed by atoms with E-state index in [4.69, 9.17) is 4.74 Å². The molecule has 1 aromatic heterocycles. The number of hydrogen-bond donors (Lipinski definition) is 1. The predicted molar refractivity (Wildman–Crippen MR) is 83.4 cm³/mol. The maximum Gasteiger partial charge on any atom is 0.338 e. The topological polar surface area (TPSA) is 38.3 Å². The fourth-order valence-corrected chi connectivity index (χ4v) is 2.62. The summed E-state index contributed by atoms with van der Waals surface area (Å²) in [5.41, 5.74) is 2.91. The molecule has 0 aliphatic heterocycles. The van der Waals surface area contributed by atoms with Crippen molar-refractivity contribution < 1.29 is 9.53 Å². The number of aryl methyl sites for hydroxylation is 1. The Morgan fingerprint density at radius 2 is 2.00 bits per heavy atom. The van der Waals surface area contributed by atoms with Crippen molar-refractivity contribution in [2.45, 2.75) is 26.8 Å². The smallest absolute Gasteiger partial charge is 0.338 e. The molecule has 1 N–H and O–H groups in total. The van der Waals surface area contributed by atoms with Crippen LogP contribution in [-0.4, -0.2) is 12.6 Å². The van der Waals surface area contributed by atoms with Gasteiger partial charge >= 0.3 is 5.97 Å². The minimum absolute atomic E-state index is 0.257. The first kappa shape index (κ1) is 14.6. The second kappa shape index (κ2) is 7.10. The summed E-state index contributed by atoms with van der Waals surface area (Å²) in [6.07, 6.45) is 0.839. The number of anilines is 1. The fourth-order valence-electron chi connectivity index (χ4n) is 1.77. The molecule has 0 fully saturated rings. The number of esters is 1.